The monoisotopic (exact) mass is 216 g/mol. The summed E-state index contributed by atoms with van der Waals surface area (Å²) in [5.74, 6) is 0. The summed E-state index contributed by atoms with van der Waals surface area (Å²) in [6.07, 6.45) is 0. The smallest absolute Gasteiger partial charge is 0.0599 e. The minimum atomic E-state index is 0.124. The van der Waals surface area contributed by atoms with Crippen molar-refractivity contribution in [1.82, 2.24) is 9.80 Å². The molecule has 0 amide bonds. The number of rotatable bonds is 4. The Morgan fingerprint density at radius 1 is 1.47 bits per heavy atom. The van der Waals surface area contributed by atoms with Crippen molar-refractivity contribution in [2.24, 2.45) is 0 Å². The number of methoxy groups -OCH3 is 1. The van der Waals surface area contributed by atoms with E-state index < -0.39 is 0 Å². The molecule has 90 valence electrons. The van der Waals surface area contributed by atoms with Crippen LogP contribution in [0.15, 0.2) is 0 Å². The molecule has 1 N–H and O–H groups in total. The van der Waals surface area contributed by atoms with Crippen LogP contribution in [0.3, 0.4) is 0 Å². The molecule has 1 aliphatic rings. The van der Waals surface area contributed by atoms with Gasteiger partial charge in [-0.1, -0.05) is 0 Å². The fourth-order valence-corrected chi connectivity index (χ4v) is 2.21. The standard InChI is InChI=1S/C11H24N2O2/c1-11(2)9-13(5-6-15-4)7-10(8-14)12(11)3/h10,14H,5-9H2,1-4H3. The van der Waals surface area contributed by atoms with E-state index in [-0.39, 0.29) is 18.2 Å². The van der Waals surface area contributed by atoms with Crippen LogP contribution in [0.25, 0.3) is 0 Å². The van der Waals surface area contributed by atoms with E-state index >= 15 is 0 Å². The van der Waals surface area contributed by atoms with Crippen LogP contribution in [-0.2, 0) is 4.74 Å². The van der Waals surface area contributed by atoms with Crippen LogP contribution in [0.2, 0.25) is 0 Å². The maximum absolute atomic E-state index is 9.34. The molecule has 4 nitrogen and oxygen atoms in total. The first-order chi connectivity index (χ1) is 7.01. The lowest BCUT2D eigenvalue weighted by atomic mass is 9.96. The van der Waals surface area contributed by atoms with Gasteiger partial charge in [-0.05, 0) is 20.9 Å². The van der Waals surface area contributed by atoms with Gasteiger partial charge < -0.3 is 9.84 Å². The first-order valence-electron chi connectivity index (χ1n) is 5.56. The number of aliphatic hydroxyl groups excluding tert-OH is 1. The third-order valence-corrected chi connectivity index (χ3v) is 3.40. The summed E-state index contributed by atoms with van der Waals surface area (Å²) in [4.78, 5) is 4.64. The van der Waals surface area contributed by atoms with Gasteiger partial charge in [-0.15, -0.1) is 0 Å². The average molecular weight is 216 g/mol. The van der Waals surface area contributed by atoms with Gasteiger partial charge in [0.15, 0.2) is 0 Å². The Morgan fingerprint density at radius 3 is 2.67 bits per heavy atom. The molecule has 1 rings (SSSR count). The van der Waals surface area contributed by atoms with E-state index in [1.165, 1.54) is 0 Å². The molecular weight excluding hydrogens is 192 g/mol. The molecule has 1 atom stereocenters. The molecule has 1 saturated heterocycles. The Kier molecular flexibility index (Phi) is 4.52. The number of hydrogen-bond donors (Lipinski definition) is 1. The zero-order valence-electron chi connectivity index (χ0n) is 10.4. The van der Waals surface area contributed by atoms with Gasteiger partial charge in [0, 0.05) is 38.3 Å². The molecule has 4 heteroatoms. The first-order valence-corrected chi connectivity index (χ1v) is 5.56. The lowest BCUT2D eigenvalue weighted by Crippen LogP contribution is -2.63. The van der Waals surface area contributed by atoms with Crippen LogP contribution in [0.4, 0.5) is 0 Å². The Hall–Kier alpha value is -0.160. The van der Waals surface area contributed by atoms with Gasteiger partial charge in [-0.2, -0.15) is 0 Å². The highest BCUT2D eigenvalue weighted by Crippen LogP contribution is 2.22. The molecule has 0 aromatic heterocycles. The third kappa shape index (κ3) is 3.14. The lowest BCUT2D eigenvalue weighted by Gasteiger charge is -2.49. The topological polar surface area (TPSA) is 35.9 Å². The molecule has 15 heavy (non-hydrogen) atoms. The second-order valence-corrected chi connectivity index (χ2v) is 4.99. The highest BCUT2D eigenvalue weighted by atomic mass is 16.5. The van der Waals surface area contributed by atoms with Crippen LogP contribution in [0.5, 0.6) is 0 Å². The number of ether oxygens (including phenoxy) is 1. The molecule has 1 unspecified atom stereocenters. The quantitative estimate of drug-likeness (QED) is 0.719. The van der Waals surface area contributed by atoms with E-state index in [0.717, 1.165) is 26.2 Å². The minimum absolute atomic E-state index is 0.124. The maximum atomic E-state index is 9.34. The van der Waals surface area contributed by atoms with Gasteiger partial charge in [0.2, 0.25) is 0 Å². The van der Waals surface area contributed by atoms with Crippen LogP contribution in [0, 0.1) is 0 Å². The molecule has 0 aromatic carbocycles. The third-order valence-electron chi connectivity index (χ3n) is 3.40. The minimum Gasteiger partial charge on any atom is -0.395 e. The zero-order valence-corrected chi connectivity index (χ0v) is 10.4. The summed E-state index contributed by atoms with van der Waals surface area (Å²) in [5, 5.41) is 9.34. The number of aliphatic hydroxyl groups is 1. The SMILES string of the molecule is COCCN1CC(CO)N(C)C(C)(C)C1. The Labute approximate surface area is 92.8 Å². The maximum Gasteiger partial charge on any atom is 0.0599 e. The van der Waals surface area contributed by atoms with Crippen molar-refractivity contribution in [2.45, 2.75) is 25.4 Å². The van der Waals surface area contributed by atoms with E-state index in [2.05, 4.69) is 30.7 Å². The molecular formula is C11H24N2O2. The summed E-state index contributed by atoms with van der Waals surface area (Å²) in [7, 11) is 3.82. The van der Waals surface area contributed by atoms with Crippen molar-refractivity contribution in [1.29, 1.82) is 0 Å². The summed E-state index contributed by atoms with van der Waals surface area (Å²) in [6, 6.07) is 0.241. The van der Waals surface area contributed by atoms with E-state index in [4.69, 9.17) is 4.74 Å². The normalized spacial score (nSPS) is 28.2. The predicted molar refractivity (Wildman–Crippen MR) is 61.0 cm³/mol. The largest absolute Gasteiger partial charge is 0.395 e. The summed E-state index contributed by atoms with van der Waals surface area (Å²) >= 11 is 0. The molecule has 0 bridgehead atoms. The predicted octanol–water partition coefficient (Wildman–Crippen LogP) is 0.0197. The van der Waals surface area contributed by atoms with Crippen LogP contribution in [-0.4, -0.2) is 73.5 Å². The van der Waals surface area contributed by atoms with E-state index in [1.54, 1.807) is 7.11 Å². The molecule has 0 aromatic rings. The first kappa shape index (κ1) is 12.9. The Bertz CT molecular complexity index is 197. The number of piperazine rings is 1. The van der Waals surface area contributed by atoms with Crippen molar-refractivity contribution < 1.29 is 9.84 Å². The molecule has 0 saturated carbocycles. The van der Waals surface area contributed by atoms with Gasteiger partial charge in [0.05, 0.1) is 13.2 Å². The summed E-state index contributed by atoms with van der Waals surface area (Å²) < 4.78 is 5.09. The van der Waals surface area contributed by atoms with Crippen molar-refractivity contribution in [3.05, 3.63) is 0 Å². The van der Waals surface area contributed by atoms with E-state index in [1.807, 2.05) is 0 Å². The van der Waals surface area contributed by atoms with E-state index in [0.29, 0.717) is 0 Å². The second-order valence-electron chi connectivity index (χ2n) is 4.99. The molecule has 1 aliphatic heterocycles. The van der Waals surface area contributed by atoms with Crippen LogP contribution in [0.1, 0.15) is 13.8 Å². The fourth-order valence-electron chi connectivity index (χ4n) is 2.21. The molecule has 0 aliphatic carbocycles. The van der Waals surface area contributed by atoms with E-state index in [9.17, 15) is 5.11 Å². The summed E-state index contributed by atoms with van der Waals surface area (Å²) in [6.45, 7) is 8.33. The number of likely N-dealkylation sites (N-methyl/N-ethyl adjacent to an activating group) is 1. The van der Waals surface area contributed by atoms with Gasteiger partial charge in [0.25, 0.3) is 0 Å². The van der Waals surface area contributed by atoms with Gasteiger partial charge in [-0.3, -0.25) is 9.80 Å². The zero-order chi connectivity index (χ0) is 11.5. The highest BCUT2D eigenvalue weighted by Gasteiger charge is 2.36. The Morgan fingerprint density at radius 2 is 2.13 bits per heavy atom. The van der Waals surface area contributed by atoms with Crippen LogP contribution < -0.4 is 0 Å². The highest BCUT2D eigenvalue weighted by molar-refractivity contribution is 4.93. The van der Waals surface area contributed by atoms with Gasteiger partial charge in [-0.25, -0.2) is 0 Å². The van der Waals surface area contributed by atoms with Crippen molar-refractivity contribution >= 4 is 0 Å². The van der Waals surface area contributed by atoms with Crippen LogP contribution >= 0.6 is 0 Å². The van der Waals surface area contributed by atoms with Gasteiger partial charge >= 0.3 is 0 Å². The van der Waals surface area contributed by atoms with Crippen molar-refractivity contribution in [3.63, 3.8) is 0 Å². The molecule has 1 fully saturated rings. The Balaban J connectivity index is 2.57. The van der Waals surface area contributed by atoms with Crippen molar-refractivity contribution in [2.75, 3.05) is 47.0 Å². The average Bonchev–Trinajstić information content (AvgIpc) is 2.19. The lowest BCUT2D eigenvalue weighted by molar-refractivity contribution is -0.0326. The number of nitrogens with zero attached hydrogens (tertiary/aromatic N) is 2. The molecule has 1 heterocycles. The fraction of sp³-hybridized carbons (Fsp3) is 1.00. The van der Waals surface area contributed by atoms with Crippen molar-refractivity contribution in [3.8, 4) is 0 Å². The summed E-state index contributed by atoms with van der Waals surface area (Å²) in [5.41, 5.74) is 0.124. The number of hydrogen-bond acceptors (Lipinski definition) is 4. The second kappa shape index (κ2) is 5.25. The molecule has 0 spiro atoms. The van der Waals surface area contributed by atoms with Gasteiger partial charge in [0.1, 0.15) is 0 Å². The molecule has 0 radical (unpaired) electrons.